The van der Waals surface area contributed by atoms with Crippen molar-refractivity contribution in [2.75, 3.05) is 39.5 Å². The molecule has 0 bridgehead atoms. The van der Waals surface area contributed by atoms with E-state index in [4.69, 9.17) is 9.47 Å². The summed E-state index contributed by atoms with van der Waals surface area (Å²) in [6, 6.07) is 7.79. The van der Waals surface area contributed by atoms with Gasteiger partial charge in [0.15, 0.2) is 6.61 Å². The summed E-state index contributed by atoms with van der Waals surface area (Å²) >= 11 is 0. The Balaban J connectivity index is 0.00000243. The van der Waals surface area contributed by atoms with E-state index in [0.29, 0.717) is 6.54 Å². The third-order valence-electron chi connectivity index (χ3n) is 5.53. The molecule has 1 aromatic carbocycles. The Morgan fingerprint density at radius 1 is 1.19 bits per heavy atom. The molecule has 1 aliphatic heterocycles. The second-order valence-corrected chi connectivity index (χ2v) is 7.22. The third kappa shape index (κ3) is 5.35. The molecular weight excluding hydrogens is 352 g/mol. The second-order valence-electron chi connectivity index (χ2n) is 7.22. The standard InChI is InChI=1S/C20H30N2O3.ClH/c1-17-7-3-4-8-18(17)25-15-19(23)21-16-20(9-5-2-6-10-20)22-11-13-24-14-12-22;/h3-4,7-8H,2,5-6,9-16H2,1H3,(H,21,23);1H. The van der Waals surface area contributed by atoms with Gasteiger partial charge in [-0.15, -0.1) is 12.4 Å². The van der Waals surface area contributed by atoms with Crippen LogP contribution in [0, 0.1) is 6.92 Å². The summed E-state index contributed by atoms with van der Waals surface area (Å²) in [5, 5.41) is 3.13. The fraction of sp³-hybridized carbons (Fsp3) is 0.650. The zero-order chi connectivity index (χ0) is 17.5. The van der Waals surface area contributed by atoms with Gasteiger partial charge < -0.3 is 14.8 Å². The first-order valence-corrected chi connectivity index (χ1v) is 9.48. The number of carbonyl (C=O) groups is 1. The van der Waals surface area contributed by atoms with Crippen molar-refractivity contribution < 1.29 is 14.3 Å². The zero-order valence-electron chi connectivity index (χ0n) is 15.7. The van der Waals surface area contributed by atoms with Crippen molar-refractivity contribution in [3.8, 4) is 5.75 Å². The first-order valence-electron chi connectivity index (χ1n) is 9.48. The summed E-state index contributed by atoms with van der Waals surface area (Å²) in [6.45, 7) is 6.30. The van der Waals surface area contributed by atoms with Crippen molar-refractivity contribution in [3.63, 3.8) is 0 Å². The monoisotopic (exact) mass is 382 g/mol. The predicted octanol–water partition coefficient (Wildman–Crippen LogP) is 2.95. The van der Waals surface area contributed by atoms with E-state index < -0.39 is 0 Å². The number of nitrogens with zero attached hydrogens (tertiary/aromatic N) is 1. The highest BCUT2D eigenvalue weighted by Crippen LogP contribution is 2.33. The lowest BCUT2D eigenvalue weighted by atomic mass is 9.79. The Bertz CT molecular complexity index is 570. The van der Waals surface area contributed by atoms with E-state index >= 15 is 0 Å². The molecule has 0 aromatic heterocycles. The number of halogens is 1. The summed E-state index contributed by atoms with van der Waals surface area (Å²) in [5.74, 6) is 0.736. The molecule has 0 atom stereocenters. The molecule has 1 aromatic rings. The Kier molecular flexibility index (Phi) is 8.19. The minimum atomic E-state index is -0.0403. The number of benzene rings is 1. The van der Waals surface area contributed by atoms with E-state index in [1.54, 1.807) is 0 Å². The van der Waals surface area contributed by atoms with E-state index in [1.807, 2.05) is 31.2 Å². The van der Waals surface area contributed by atoms with Crippen LogP contribution in [0.2, 0.25) is 0 Å². The predicted molar refractivity (Wildman–Crippen MR) is 105 cm³/mol. The first kappa shape index (κ1) is 21.0. The van der Waals surface area contributed by atoms with Gasteiger partial charge >= 0.3 is 0 Å². The SMILES string of the molecule is Cc1ccccc1OCC(=O)NCC1(N2CCOCC2)CCCCC1.Cl. The lowest BCUT2D eigenvalue weighted by Crippen LogP contribution is -2.60. The molecule has 2 fully saturated rings. The van der Waals surface area contributed by atoms with Crippen LogP contribution < -0.4 is 10.1 Å². The molecule has 2 aliphatic rings. The number of ether oxygens (including phenoxy) is 2. The van der Waals surface area contributed by atoms with Crippen LogP contribution in [0.15, 0.2) is 24.3 Å². The number of rotatable bonds is 6. The summed E-state index contributed by atoms with van der Waals surface area (Å²) in [6.07, 6.45) is 6.11. The van der Waals surface area contributed by atoms with Gasteiger partial charge in [-0.1, -0.05) is 37.5 Å². The molecule has 1 amide bonds. The van der Waals surface area contributed by atoms with Gasteiger partial charge in [0.2, 0.25) is 0 Å². The van der Waals surface area contributed by atoms with Gasteiger partial charge in [0.1, 0.15) is 5.75 Å². The smallest absolute Gasteiger partial charge is 0.258 e. The number of hydrogen-bond acceptors (Lipinski definition) is 4. The van der Waals surface area contributed by atoms with Gasteiger partial charge in [0.05, 0.1) is 13.2 Å². The number of carbonyl (C=O) groups excluding carboxylic acids is 1. The Morgan fingerprint density at radius 3 is 2.58 bits per heavy atom. The van der Waals surface area contributed by atoms with E-state index in [1.165, 1.54) is 19.3 Å². The van der Waals surface area contributed by atoms with Crippen LogP contribution in [0.25, 0.3) is 0 Å². The number of nitrogens with one attached hydrogen (secondary N) is 1. The number of hydrogen-bond donors (Lipinski definition) is 1. The van der Waals surface area contributed by atoms with Gasteiger partial charge in [-0.05, 0) is 31.4 Å². The van der Waals surface area contributed by atoms with E-state index in [-0.39, 0.29) is 30.5 Å². The molecule has 1 heterocycles. The van der Waals surface area contributed by atoms with Crippen molar-refractivity contribution in [1.82, 2.24) is 10.2 Å². The molecule has 0 unspecified atom stereocenters. The van der Waals surface area contributed by atoms with Crippen LogP contribution >= 0.6 is 12.4 Å². The Hall–Kier alpha value is -1.30. The number of aryl methyl sites for hydroxylation is 1. The minimum absolute atomic E-state index is 0. The van der Waals surface area contributed by atoms with Crippen LogP contribution in [0.3, 0.4) is 0 Å². The van der Waals surface area contributed by atoms with Crippen molar-refractivity contribution >= 4 is 18.3 Å². The van der Waals surface area contributed by atoms with Crippen LogP contribution in [0.5, 0.6) is 5.75 Å². The van der Waals surface area contributed by atoms with Crippen molar-refractivity contribution in [2.45, 2.75) is 44.6 Å². The highest BCUT2D eigenvalue weighted by atomic mass is 35.5. The number of morpholine rings is 1. The van der Waals surface area contributed by atoms with Gasteiger partial charge in [-0.2, -0.15) is 0 Å². The highest BCUT2D eigenvalue weighted by Gasteiger charge is 2.38. The summed E-state index contributed by atoms with van der Waals surface area (Å²) in [4.78, 5) is 14.9. The minimum Gasteiger partial charge on any atom is -0.484 e. The van der Waals surface area contributed by atoms with Crippen molar-refractivity contribution in [1.29, 1.82) is 0 Å². The molecule has 0 radical (unpaired) electrons. The van der Waals surface area contributed by atoms with Crippen LogP contribution in [-0.2, 0) is 9.53 Å². The summed E-state index contributed by atoms with van der Waals surface area (Å²) in [7, 11) is 0. The molecule has 5 nitrogen and oxygen atoms in total. The van der Waals surface area contributed by atoms with Crippen molar-refractivity contribution in [3.05, 3.63) is 29.8 Å². The number of amides is 1. The second kappa shape index (κ2) is 10.1. The van der Waals surface area contributed by atoms with E-state index in [0.717, 1.165) is 50.5 Å². The van der Waals surface area contributed by atoms with Gasteiger partial charge in [0, 0.05) is 25.2 Å². The normalized spacial score (nSPS) is 20.0. The van der Waals surface area contributed by atoms with Gasteiger partial charge in [-0.3, -0.25) is 9.69 Å². The van der Waals surface area contributed by atoms with E-state index in [9.17, 15) is 4.79 Å². The molecule has 0 spiro atoms. The fourth-order valence-corrected chi connectivity index (χ4v) is 4.03. The molecule has 1 N–H and O–H groups in total. The number of para-hydroxylation sites is 1. The fourth-order valence-electron chi connectivity index (χ4n) is 4.03. The molecule has 1 aliphatic carbocycles. The van der Waals surface area contributed by atoms with E-state index in [2.05, 4.69) is 10.2 Å². The average molecular weight is 383 g/mol. The van der Waals surface area contributed by atoms with Crippen LogP contribution in [-0.4, -0.2) is 55.8 Å². The molecule has 146 valence electrons. The highest BCUT2D eigenvalue weighted by molar-refractivity contribution is 5.85. The summed E-state index contributed by atoms with van der Waals surface area (Å²) < 4.78 is 11.2. The maximum atomic E-state index is 12.3. The molecule has 3 rings (SSSR count). The average Bonchev–Trinajstić information content (AvgIpc) is 2.67. The molecule has 26 heavy (non-hydrogen) atoms. The Labute approximate surface area is 162 Å². The third-order valence-corrected chi connectivity index (χ3v) is 5.53. The molecule has 1 saturated carbocycles. The molecule has 6 heteroatoms. The molecule has 1 saturated heterocycles. The summed E-state index contributed by atoms with van der Waals surface area (Å²) in [5.41, 5.74) is 1.15. The maximum absolute atomic E-state index is 12.3. The largest absolute Gasteiger partial charge is 0.484 e. The lowest BCUT2D eigenvalue weighted by Gasteiger charge is -2.48. The molecular formula is C20H31ClN2O3. The van der Waals surface area contributed by atoms with Crippen molar-refractivity contribution in [2.24, 2.45) is 0 Å². The quantitative estimate of drug-likeness (QED) is 0.821. The van der Waals surface area contributed by atoms with Crippen LogP contribution in [0.1, 0.15) is 37.7 Å². The lowest BCUT2D eigenvalue weighted by molar-refractivity contribution is -0.124. The topological polar surface area (TPSA) is 50.8 Å². The van der Waals surface area contributed by atoms with Crippen LogP contribution in [0.4, 0.5) is 0 Å². The van der Waals surface area contributed by atoms with Gasteiger partial charge in [0.25, 0.3) is 5.91 Å². The zero-order valence-corrected chi connectivity index (χ0v) is 16.5. The first-order chi connectivity index (χ1) is 12.2. The van der Waals surface area contributed by atoms with Gasteiger partial charge in [-0.25, -0.2) is 0 Å². The maximum Gasteiger partial charge on any atom is 0.258 e. The Morgan fingerprint density at radius 2 is 1.88 bits per heavy atom.